The summed E-state index contributed by atoms with van der Waals surface area (Å²) in [5.74, 6) is 0.841. The Morgan fingerprint density at radius 1 is 1.28 bits per heavy atom. The lowest BCUT2D eigenvalue weighted by atomic mass is 9.98. The lowest BCUT2D eigenvalue weighted by Crippen LogP contribution is -2.37. The van der Waals surface area contributed by atoms with Crippen LogP contribution in [0.3, 0.4) is 0 Å². The second-order valence-electron chi connectivity index (χ2n) is 6.35. The number of piperidine rings is 1. The third kappa shape index (κ3) is 4.93. The normalized spacial score (nSPS) is 16.0. The fourth-order valence-corrected chi connectivity index (χ4v) is 3.51. The number of nitrogens with one attached hydrogen (secondary N) is 1. The largest absolute Gasteiger partial charge is 0.496 e. The van der Waals surface area contributed by atoms with Gasteiger partial charge in [0.25, 0.3) is 0 Å². The molecule has 1 aromatic carbocycles. The van der Waals surface area contributed by atoms with Gasteiger partial charge in [0, 0.05) is 50.2 Å². The van der Waals surface area contributed by atoms with Crippen LogP contribution in [0.25, 0.3) is 0 Å². The number of carbonyl (C=O) groups is 1. The van der Waals surface area contributed by atoms with E-state index in [0.717, 1.165) is 67.2 Å². The lowest BCUT2D eigenvalue weighted by molar-refractivity contribution is -0.105. The number of hydrogen-bond donors (Lipinski definition) is 1. The summed E-state index contributed by atoms with van der Waals surface area (Å²) in [5.41, 5.74) is 3.85. The van der Waals surface area contributed by atoms with Crippen molar-refractivity contribution in [2.24, 2.45) is 0 Å². The van der Waals surface area contributed by atoms with Crippen molar-refractivity contribution in [2.75, 3.05) is 39.2 Å². The van der Waals surface area contributed by atoms with E-state index >= 15 is 0 Å². The number of likely N-dealkylation sites (tertiary alicyclic amines) is 1. The van der Waals surface area contributed by atoms with E-state index in [1.165, 1.54) is 0 Å². The maximum atomic E-state index is 11.0. The number of aryl methyl sites for hydroxylation is 1. The number of nitrogens with zero attached hydrogens (tertiary/aromatic N) is 1. The predicted molar refractivity (Wildman–Crippen MR) is 98.1 cm³/mol. The molecule has 1 amide bonds. The van der Waals surface area contributed by atoms with Gasteiger partial charge in [-0.25, -0.2) is 0 Å². The van der Waals surface area contributed by atoms with Gasteiger partial charge in [0.1, 0.15) is 5.75 Å². The number of carbonyl (C=O) groups excluding carboxylic acids is 1. The van der Waals surface area contributed by atoms with E-state index in [4.69, 9.17) is 14.2 Å². The summed E-state index contributed by atoms with van der Waals surface area (Å²) < 4.78 is 16.8. The monoisotopic (exact) mass is 350 g/mol. The summed E-state index contributed by atoms with van der Waals surface area (Å²) in [7, 11) is 3.35. The molecule has 1 aliphatic rings. The van der Waals surface area contributed by atoms with Crippen LogP contribution < -0.4 is 10.1 Å². The molecule has 0 saturated carbocycles. The summed E-state index contributed by atoms with van der Waals surface area (Å²) in [5, 5.41) is 2.83. The number of rotatable bonds is 9. The van der Waals surface area contributed by atoms with E-state index in [9.17, 15) is 4.79 Å². The summed E-state index contributed by atoms with van der Waals surface area (Å²) in [6.07, 6.45) is 3.17. The molecule has 0 spiro atoms. The van der Waals surface area contributed by atoms with Crippen LogP contribution in [-0.4, -0.2) is 51.3 Å². The molecule has 25 heavy (non-hydrogen) atoms. The van der Waals surface area contributed by atoms with Gasteiger partial charge < -0.3 is 19.5 Å². The van der Waals surface area contributed by atoms with Gasteiger partial charge in [-0.3, -0.25) is 9.69 Å². The average Bonchev–Trinajstić information content (AvgIpc) is 2.62. The number of benzene rings is 1. The van der Waals surface area contributed by atoms with Crippen LogP contribution in [0.15, 0.2) is 6.07 Å². The molecular formula is C19H30N2O4. The quantitative estimate of drug-likeness (QED) is 0.694. The van der Waals surface area contributed by atoms with Gasteiger partial charge in [0.2, 0.25) is 6.41 Å². The Hall–Kier alpha value is -1.63. The molecule has 0 bridgehead atoms. The van der Waals surface area contributed by atoms with Crippen molar-refractivity contribution in [1.29, 1.82) is 0 Å². The molecule has 140 valence electrons. The van der Waals surface area contributed by atoms with Crippen LogP contribution in [0.2, 0.25) is 0 Å². The Labute approximate surface area is 150 Å². The number of anilines is 1. The van der Waals surface area contributed by atoms with E-state index < -0.39 is 0 Å². The standard InChI is InChI=1S/C19H30N2O4/c1-5-25-15-6-8-21(9-7-15)11-16-17(12-23-3)19(20-13-22)14(2)10-18(16)24-4/h10,13,15H,5-9,11-12H2,1-4H3,(H,20,22). The third-order valence-corrected chi connectivity index (χ3v) is 4.74. The fraction of sp³-hybridized carbons (Fsp3) is 0.632. The van der Waals surface area contributed by atoms with Gasteiger partial charge in [0.05, 0.1) is 19.8 Å². The Morgan fingerprint density at radius 2 is 2.00 bits per heavy atom. The molecule has 6 heteroatoms. The Morgan fingerprint density at radius 3 is 2.56 bits per heavy atom. The summed E-state index contributed by atoms with van der Waals surface area (Å²) in [6, 6.07) is 1.98. The molecule has 1 fully saturated rings. The fourth-order valence-electron chi connectivity index (χ4n) is 3.51. The van der Waals surface area contributed by atoms with Gasteiger partial charge in [-0.15, -0.1) is 0 Å². The number of hydrogen-bond acceptors (Lipinski definition) is 5. The zero-order chi connectivity index (χ0) is 18.2. The molecule has 0 unspecified atom stereocenters. The second kappa shape index (κ2) is 9.75. The van der Waals surface area contributed by atoms with Crippen molar-refractivity contribution in [2.45, 2.75) is 45.9 Å². The average molecular weight is 350 g/mol. The van der Waals surface area contributed by atoms with E-state index in [-0.39, 0.29) is 0 Å². The van der Waals surface area contributed by atoms with Gasteiger partial charge >= 0.3 is 0 Å². The molecule has 6 nitrogen and oxygen atoms in total. The molecule has 0 aliphatic carbocycles. The summed E-state index contributed by atoms with van der Waals surface area (Å²) in [4.78, 5) is 13.4. The van der Waals surface area contributed by atoms with Crippen molar-refractivity contribution in [3.05, 3.63) is 22.8 Å². The zero-order valence-corrected chi connectivity index (χ0v) is 15.8. The first-order chi connectivity index (χ1) is 12.1. The Kier molecular flexibility index (Phi) is 7.68. The first-order valence-electron chi connectivity index (χ1n) is 8.86. The van der Waals surface area contributed by atoms with Crippen LogP contribution in [-0.2, 0) is 27.4 Å². The van der Waals surface area contributed by atoms with Crippen molar-refractivity contribution in [3.63, 3.8) is 0 Å². The predicted octanol–water partition coefficient (Wildman–Crippen LogP) is 2.72. The Bertz CT molecular complexity index is 569. The van der Waals surface area contributed by atoms with Gasteiger partial charge in [-0.1, -0.05) is 0 Å². The van der Waals surface area contributed by atoms with Crippen LogP contribution in [0.5, 0.6) is 5.75 Å². The molecule has 0 radical (unpaired) electrons. The van der Waals surface area contributed by atoms with Crippen LogP contribution in [0.4, 0.5) is 5.69 Å². The molecule has 1 heterocycles. The van der Waals surface area contributed by atoms with Crippen molar-refractivity contribution >= 4 is 12.1 Å². The highest BCUT2D eigenvalue weighted by Gasteiger charge is 2.23. The highest BCUT2D eigenvalue weighted by molar-refractivity contribution is 5.77. The topological polar surface area (TPSA) is 60.0 Å². The molecule has 1 saturated heterocycles. The van der Waals surface area contributed by atoms with Crippen LogP contribution in [0, 0.1) is 6.92 Å². The molecule has 0 aromatic heterocycles. The van der Waals surface area contributed by atoms with Crippen LogP contribution >= 0.6 is 0 Å². The molecular weight excluding hydrogens is 320 g/mol. The van der Waals surface area contributed by atoms with Gasteiger partial charge in [0.15, 0.2) is 0 Å². The molecule has 0 atom stereocenters. The van der Waals surface area contributed by atoms with E-state index in [1.54, 1.807) is 14.2 Å². The maximum absolute atomic E-state index is 11.0. The molecule has 1 aliphatic heterocycles. The molecule has 1 N–H and O–H groups in total. The van der Waals surface area contributed by atoms with E-state index in [1.807, 2.05) is 19.9 Å². The summed E-state index contributed by atoms with van der Waals surface area (Å²) in [6.45, 7) is 7.96. The third-order valence-electron chi connectivity index (χ3n) is 4.74. The maximum Gasteiger partial charge on any atom is 0.211 e. The number of ether oxygens (including phenoxy) is 3. The van der Waals surface area contributed by atoms with E-state index in [2.05, 4.69) is 10.2 Å². The van der Waals surface area contributed by atoms with Crippen molar-refractivity contribution < 1.29 is 19.0 Å². The first kappa shape index (κ1) is 19.7. The number of amides is 1. The zero-order valence-electron chi connectivity index (χ0n) is 15.8. The first-order valence-corrected chi connectivity index (χ1v) is 8.86. The van der Waals surface area contributed by atoms with Gasteiger partial charge in [-0.05, 0) is 38.3 Å². The minimum absolute atomic E-state index is 0.367. The highest BCUT2D eigenvalue weighted by Crippen LogP contribution is 2.34. The van der Waals surface area contributed by atoms with Crippen LogP contribution in [0.1, 0.15) is 36.5 Å². The second-order valence-corrected chi connectivity index (χ2v) is 6.35. The van der Waals surface area contributed by atoms with Crippen molar-refractivity contribution in [1.82, 2.24) is 4.90 Å². The molecule has 2 rings (SSSR count). The summed E-state index contributed by atoms with van der Waals surface area (Å²) >= 11 is 0. The number of methoxy groups -OCH3 is 2. The highest BCUT2D eigenvalue weighted by atomic mass is 16.5. The van der Waals surface area contributed by atoms with Gasteiger partial charge in [-0.2, -0.15) is 0 Å². The minimum atomic E-state index is 0.367. The van der Waals surface area contributed by atoms with E-state index in [0.29, 0.717) is 19.1 Å². The smallest absolute Gasteiger partial charge is 0.211 e. The van der Waals surface area contributed by atoms with Crippen molar-refractivity contribution in [3.8, 4) is 5.75 Å². The molecule has 1 aromatic rings. The lowest BCUT2D eigenvalue weighted by Gasteiger charge is -2.33. The Balaban J connectivity index is 2.25. The minimum Gasteiger partial charge on any atom is -0.496 e. The SMILES string of the molecule is CCOC1CCN(Cc2c(OC)cc(C)c(NC=O)c2COC)CC1.